The number of para-hydroxylation sites is 2. The molecule has 6 N–H and O–H groups in total. The first kappa shape index (κ1) is 16.7. The predicted octanol–water partition coefficient (Wildman–Crippen LogP) is 1.58. The third-order valence-electron chi connectivity index (χ3n) is 4.53. The Morgan fingerprint density at radius 2 is 2.08 bits per heavy atom. The second-order valence-corrected chi connectivity index (χ2v) is 6.30. The second kappa shape index (κ2) is 7.65. The van der Waals surface area contributed by atoms with E-state index in [1.807, 2.05) is 24.3 Å². The molecule has 3 heterocycles. The van der Waals surface area contributed by atoms with E-state index in [4.69, 9.17) is 5.84 Å². The summed E-state index contributed by atoms with van der Waals surface area (Å²) in [5.74, 6) is 7.25. The number of rotatable bonds is 5. The lowest BCUT2D eigenvalue weighted by molar-refractivity contribution is 0.352. The van der Waals surface area contributed by atoms with Crippen LogP contribution in [0, 0.1) is 0 Å². The summed E-state index contributed by atoms with van der Waals surface area (Å²) in [5, 5.41) is 6.65. The fraction of sp³-hybridized carbons (Fsp3) is 0.353. The predicted molar refractivity (Wildman–Crippen MR) is 107 cm³/mol. The second-order valence-electron chi connectivity index (χ2n) is 6.30. The smallest absolute Gasteiger partial charge is 0.224 e. The molecule has 1 fully saturated rings. The molecule has 0 aliphatic carbocycles. The normalized spacial score (nSPS) is 16.1. The maximum absolute atomic E-state index is 5.42. The number of hydrogen-bond donors (Lipinski definition) is 5. The van der Waals surface area contributed by atoms with Crippen molar-refractivity contribution < 1.29 is 2.85 Å². The van der Waals surface area contributed by atoms with Gasteiger partial charge in [-0.05, 0) is 38.1 Å². The van der Waals surface area contributed by atoms with Crippen LogP contribution in [0.1, 0.15) is 21.3 Å². The van der Waals surface area contributed by atoms with Gasteiger partial charge >= 0.3 is 0 Å². The Hall–Kier alpha value is -2.75. The number of likely N-dealkylation sites (tertiary alicyclic amines) is 1. The van der Waals surface area contributed by atoms with Crippen LogP contribution in [0.2, 0.25) is 0 Å². The van der Waals surface area contributed by atoms with E-state index in [0.29, 0.717) is 17.6 Å². The average Bonchev–Trinajstić information content (AvgIpc) is 3.11. The molecule has 2 aliphatic heterocycles. The van der Waals surface area contributed by atoms with Crippen LogP contribution in [0.25, 0.3) is 0 Å². The zero-order valence-corrected chi connectivity index (χ0v) is 14.5. The Morgan fingerprint density at radius 1 is 1.23 bits per heavy atom. The zero-order chi connectivity index (χ0) is 17.8. The van der Waals surface area contributed by atoms with E-state index < -0.39 is 0 Å². The van der Waals surface area contributed by atoms with Gasteiger partial charge in [-0.1, -0.05) is 12.1 Å². The minimum Gasteiger partial charge on any atom is -0.353 e. The highest BCUT2D eigenvalue weighted by atomic mass is 15.5. The van der Waals surface area contributed by atoms with Crippen LogP contribution in [0.3, 0.4) is 0 Å². The number of aliphatic imine (C=N–C) groups is 1. The van der Waals surface area contributed by atoms with Crippen molar-refractivity contribution in [2.24, 2.45) is 10.8 Å². The van der Waals surface area contributed by atoms with E-state index in [1.54, 1.807) is 6.20 Å². The van der Waals surface area contributed by atoms with Gasteiger partial charge in [0.15, 0.2) is 5.84 Å². The van der Waals surface area contributed by atoms with E-state index >= 15 is 0 Å². The Morgan fingerprint density at radius 3 is 2.92 bits per heavy atom. The van der Waals surface area contributed by atoms with Gasteiger partial charge in [0.25, 0.3) is 0 Å². The molecule has 0 atom stereocenters. The van der Waals surface area contributed by atoms with Crippen LogP contribution in [0.5, 0.6) is 0 Å². The number of aromatic nitrogens is 2. The molecule has 9 heteroatoms. The van der Waals surface area contributed by atoms with Crippen LogP contribution in [0.4, 0.5) is 23.1 Å². The van der Waals surface area contributed by atoms with E-state index in [2.05, 4.69) is 41.5 Å². The van der Waals surface area contributed by atoms with E-state index in [9.17, 15) is 0 Å². The zero-order valence-electron chi connectivity index (χ0n) is 14.5. The average molecular weight is 357 g/mol. The highest BCUT2D eigenvalue weighted by Crippen LogP contribution is 2.32. The van der Waals surface area contributed by atoms with Crippen LogP contribution in [-0.4, -0.2) is 46.9 Å². The molecule has 9 nitrogen and oxygen atoms in total. The number of benzene rings is 1. The van der Waals surface area contributed by atoms with Gasteiger partial charge in [0, 0.05) is 22.1 Å². The number of nitrogens with two attached hydrogens (primary N) is 1. The Labute approximate surface area is 155 Å². The molecule has 1 aromatic heterocycles. The first-order valence-electron chi connectivity index (χ1n) is 8.83. The van der Waals surface area contributed by atoms with Gasteiger partial charge in [0.05, 0.1) is 16.9 Å². The lowest BCUT2D eigenvalue weighted by Gasteiger charge is -2.15. The van der Waals surface area contributed by atoms with Crippen molar-refractivity contribution in [3.8, 4) is 0 Å². The largest absolute Gasteiger partial charge is 0.353 e. The van der Waals surface area contributed by atoms with Gasteiger partial charge in [-0.3, -0.25) is 11.3 Å². The minimum absolute atomic E-state index is 0. The lowest BCUT2D eigenvalue weighted by atomic mass is 10.2. The van der Waals surface area contributed by atoms with Crippen molar-refractivity contribution in [2.45, 2.75) is 12.8 Å². The van der Waals surface area contributed by atoms with Crippen molar-refractivity contribution in [3.63, 3.8) is 0 Å². The summed E-state index contributed by atoms with van der Waals surface area (Å²) >= 11 is 0. The molecule has 0 bridgehead atoms. The van der Waals surface area contributed by atoms with Crippen LogP contribution >= 0.6 is 0 Å². The molecule has 1 aromatic carbocycles. The van der Waals surface area contributed by atoms with Crippen LogP contribution in [-0.2, 0) is 0 Å². The van der Waals surface area contributed by atoms with Gasteiger partial charge in [-0.15, -0.1) is 0 Å². The summed E-state index contributed by atoms with van der Waals surface area (Å²) in [4.78, 5) is 16.1. The van der Waals surface area contributed by atoms with Gasteiger partial charge in [0.2, 0.25) is 5.95 Å². The topological polar surface area (TPSA) is 116 Å². The molecular weight excluding hydrogens is 330 g/mol. The summed E-state index contributed by atoms with van der Waals surface area (Å²) in [7, 11) is 0. The Balaban J connectivity index is 0.00000140. The lowest BCUT2D eigenvalue weighted by Crippen LogP contribution is -2.42. The molecule has 0 amide bonds. The summed E-state index contributed by atoms with van der Waals surface area (Å²) < 4.78 is 0. The molecule has 2 aromatic rings. The third kappa shape index (κ3) is 3.59. The summed E-state index contributed by atoms with van der Waals surface area (Å²) in [5.41, 5.74) is 7.70. The number of nitrogens with zero attached hydrogens (tertiary/aromatic N) is 4. The summed E-state index contributed by atoms with van der Waals surface area (Å²) in [6, 6.07) is 7.78. The maximum atomic E-state index is 5.42. The SMILES string of the molecule is NNNC1=Nc2ccccc2Nc2nc(NCCN3CCCC3)ncc21.[HH].[HH]. The first-order valence-corrected chi connectivity index (χ1v) is 8.83. The molecule has 1 saturated heterocycles. The van der Waals surface area contributed by atoms with Gasteiger partial charge in [0.1, 0.15) is 5.82 Å². The van der Waals surface area contributed by atoms with E-state index in [1.165, 1.54) is 25.9 Å². The number of hydrogen-bond acceptors (Lipinski definition) is 9. The van der Waals surface area contributed by atoms with Crippen molar-refractivity contribution in [3.05, 3.63) is 36.0 Å². The Bertz CT molecular complexity index is 809. The van der Waals surface area contributed by atoms with Crippen molar-refractivity contribution in [1.29, 1.82) is 0 Å². The number of fused-ring (bicyclic) bond motifs is 2. The van der Waals surface area contributed by atoms with Gasteiger partial charge < -0.3 is 15.5 Å². The molecule has 0 radical (unpaired) electrons. The number of nitrogens with one attached hydrogen (secondary N) is 4. The van der Waals surface area contributed by atoms with E-state index in [-0.39, 0.29) is 2.85 Å². The van der Waals surface area contributed by atoms with Crippen LogP contribution in [0.15, 0.2) is 35.5 Å². The van der Waals surface area contributed by atoms with Gasteiger partial charge in [-0.25, -0.2) is 9.98 Å². The van der Waals surface area contributed by atoms with Crippen molar-refractivity contribution in [2.75, 3.05) is 36.8 Å². The molecule has 2 aliphatic rings. The minimum atomic E-state index is 0. The third-order valence-corrected chi connectivity index (χ3v) is 4.53. The quantitative estimate of drug-likeness (QED) is 0.405. The number of hydrazine groups is 2. The standard InChI is InChI=1S/C17H23N9.2H2/c18-25-24-16-12-11-20-17(19-7-10-26-8-3-4-9-26)23-15(12)21-13-5-1-2-6-14(13)22-16;;/h1-2,5-6,11,25H,3-4,7-10,18H2,(H,22,24)(H2,19,20,21,23);2*1H. The number of anilines is 3. The highest BCUT2D eigenvalue weighted by Gasteiger charge is 2.19. The summed E-state index contributed by atoms with van der Waals surface area (Å²) in [6.45, 7) is 4.19. The monoisotopic (exact) mass is 357 g/mol. The molecule has 26 heavy (non-hydrogen) atoms. The fourth-order valence-electron chi connectivity index (χ4n) is 3.22. The molecule has 0 spiro atoms. The molecule has 140 valence electrons. The van der Waals surface area contributed by atoms with Crippen LogP contribution < -0.4 is 27.4 Å². The van der Waals surface area contributed by atoms with Gasteiger partial charge in [-0.2, -0.15) is 10.5 Å². The molecule has 0 unspecified atom stereocenters. The summed E-state index contributed by atoms with van der Waals surface area (Å²) in [6.07, 6.45) is 4.33. The number of amidine groups is 1. The Kier molecular flexibility index (Phi) is 4.91. The maximum Gasteiger partial charge on any atom is 0.224 e. The molecular formula is C17H27N9. The fourth-order valence-corrected chi connectivity index (χ4v) is 3.22. The van der Waals surface area contributed by atoms with E-state index in [0.717, 1.165) is 30.0 Å². The first-order chi connectivity index (χ1) is 12.8. The molecule has 0 saturated carbocycles. The highest BCUT2D eigenvalue weighted by molar-refractivity contribution is 6.06. The van der Waals surface area contributed by atoms with Crippen molar-refractivity contribution >= 4 is 29.0 Å². The molecule has 4 rings (SSSR count). The van der Waals surface area contributed by atoms with Crippen molar-refractivity contribution in [1.82, 2.24) is 25.8 Å².